The molecule has 0 aliphatic heterocycles. The van der Waals surface area contributed by atoms with Crippen LogP contribution < -0.4 is 5.32 Å². The molecule has 0 saturated heterocycles. The van der Waals surface area contributed by atoms with Crippen molar-refractivity contribution in [2.24, 2.45) is 0 Å². The van der Waals surface area contributed by atoms with Crippen molar-refractivity contribution in [2.45, 2.75) is 33.4 Å². The lowest BCUT2D eigenvalue weighted by atomic mass is 10.4. The van der Waals surface area contributed by atoms with E-state index in [1.807, 2.05) is 6.92 Å². The largest absolute Gasteiger partial charge is 0.307 e. The summed E-state index contributed by atoms with van der Waals surface area (Å²) in [4.78, 5) is 5.73. The Morgan fingerprint density at radius 3 is 2.69 bits per heavy atom. The Balaban J connectivity index is 2.45. The van der Waals surface area contributed by atoms with E-state index in [9.17, 15) is 0 Å². The molecule has 0 radical (unpaired) electrons. The number of alkyl halides is 1. The number of rotatable bonds is 4. The molecule has 0 saturated carbocycles. The van der Waals surface area contributed by atoms with Gasteiger partial charge in [0.25, 0.3) is 0 Å². The molecule has 0 spiro atoms. The zero-order chi connectivity index (χ0) is 9.84. The summed E-state index contributed by atoms with van der Waals surface area (Å²) < 4.78 is 0. The second-order valence-corrected chi connectivity index (χ2v) is 4.78. The third-order valence-electron chi connectivity index (χ3n) is 1.91. The first kappa shape index (κ1) is 11.0. The Labute approximate surface area is 88.3 Å². The van der Waals surface area contributed by atoms with Gasteiger partial charge in [0.15, 0.2) is 0 Å². The van der Waals surface area contributed by atoms with Crippen LogP contribution in [0, 0.1) is 13.8 Å². The van der Waals surface area contributed by atoms with Crippen LogP contribution in [0.5, 0.6) is 0 Å². The van der Waals surface area contributed by atoms with Crippen LogP contribution in [0.3, 0.4) is 0 Å². The molecule has 0 aliphatic rings. The van der Waals surface area contributed by atoms with Crippen LogP contribution in [0.25, 0.3) is 0 Å². The highest BCUT2D eigenvalue weighted by molar-refractivity contribution is 7.11. The van der Waals surface area contributed by atoms with Crippen molar-refractivity contribution in [2.75, 3.05) is 5.88 Å². The molecule has 0 amide bonds. The van der Waals surface area contributed by atoms with E-state index in [2.05, 4.69) is 24.1 Å². The van der Waals surface area contributed by atoms with Crippen LogP contribution in [0.1, 0.15) is 22.5 Å². The van der Waals surface area contributed by atoms with Crippen molar-refractivity contribution < 1.29 is 0 Å². The summed E-state index contributed by atoms with van der Waals surface area (Å²) in [5, 5.41) is 4.45. The van der Waals surface area contributed by atoms with Gasteiger partial charge in [0, 0.05) is 23.3 Å². The minimum atomic E-state index is 0.353. The van der Waals surface area contributed by atoms with Gasteiger partial charge in [-0.15, -0.1) is 22.9 Å². The monoisotopic (exact) mass is 218 g/mol. The van der Waals surface area contributed by atoms with E-state index in [-0.39, 0.29) is 0 Å². The van der Waals surface area contributed by atoms with Crippen LogP contribution in [0.4, 0.5) is 0 Å². The highest BCUT2D eigenvalue weighted by Crippen LogP contribution is 2.15. The van der Waals surface area contributed by atoms with Crippen molar-refractivity contribution in [3.8, 4) is 0 Å². The summed E-state index contributed by atoms with van der Waals surface area (Å²) >= 11 is 7.43. The average molecular weight is 219 g/mol. The molecule has 0 fully saturated rings. The van der Waals surface area contributed by atoms with Crippen molar-refractivity contribution in [3.63, 3.8) is 0 Å². The van der Waals surface area contributed by atoms with E-state index in [1.54, 1.807) is 11.3 Å². The molecule has 1 N–H and O–H groups in total. The third-order valence-corrected chi connectivity index (χ3v) is 3.44. The highest BCUT2D eigenvalue weighted by Gasteiger charge is 2.04. The van der Waals surface area contributed by atoms with Crippen molar-refractivity contribution in [3.05, 3.63) is 15.6 Å². The maximum Gasteiger partial charge on any atom is 0.107 e. The van der Waals surface area contributed by atoms with E-state index in [0.29, 0.717) is 11.9 Å². The number of hydrogen-bond donors (Lipinski definition) is 1. The maximum absolute atomic E-state index is 5.68. The van der Waals surface area contributed by atoms with E-state index in [0.717, 1.165) is 17.2 Å². The number of aromatic nitrogens is 1. The second-order valence-electron chi connectivity index (χ2n) is 3.19. The van der Waals surface area contributed by atoms with Crippen molar-refractivity contribution in [1.29, 1.82) is 0 Å². The number of hydrogen-bond acceptors (Lipinski definition) is 3. The zero-order valence-corrected chi connectivity index (χ0v) is 9.80. The summed E-state index contributed by atoms with van der Waals surface area (Å²) in [5.41, 5.74) is 1.14. The minimum absolute atomic E-state index is 0.353. The van der Waals surface area contributed by atoms with Gasteiger partial charge in [-0.1, -0.05) is 0 Å². The standard InChI is InChI=1S/C9H15ClN2S/c1-6(4-10)11-5-9-12-7(2)8(3)13-9/h6,11H,4-5H2,1-3H3. The Morgan fingerprint density at radius 1 is 1.54 bits per heavy atom. The molecule has 1 rings (SSSR count). The first-order valence-electron chi connectivity index (χ1n) is 4.35. The molecule has 74 valence electrons. The lowest BCUT2D eigenvalue weighted by molar-refractivity contribution is 0.591. The maximum atomic E-state index is 5.68. The molecule has 1 atom stereocenters. The van der Waals surface area contributed by atoms with Gasteiger partial charge in [-0.3, -0.25) is 0 Å². The van der Waals surface area contributed by atoms with Gasteiger partial charge < -0.3 is 5.32 Å². The van der Waals surface area contributed by atoms with E-state index < -0.39 is 0 Å². The molecule has 13 heavy (non-hydrogen) atoms. The Bertz CT molecular complexity index is 253. The summed E-state index contributed by atoms with van der Waals surface area (Å²) in [6.45, 7) is 7.04. The normalized spacial score (nSPS) is 13.2. The molecule has 0 aliphatic carbocycles. The van der Waals surface area contributed by atoms with Crippen molar-refractivity contribution in [1.82, 2.24) is 10.3 Å². The summed E-state index contributed by atoms with van der Waals surface area (Å²) in [7, 11) is 0. The SMILES string of the molecule is Cc1nc(CNC(C)CCl)sc1C. The lowest BCUT2D eigenvalue weighted by Crippen LogP contribution is -2.26. The molecule has 1 heterocycles. The predicted molar refractivity (Wildman–Crippen MR) is 58.6 cm³/mol. The van der Waals surface area contributed by atoms with Crippen LogP contribution in [0.2, 0.25) is 0 Å². The Kier molecular flexibility index (Phi) is 4.16. The summed E-state index contributed by atoms with van der Waals surface area (Å²) in [6.07, 6.45) is 0. The molecule has 1 aromatic heterocycles. The molecule has 0 aromatic carbocycles. The molecular formula is C9H15ClN2S. The van der Waals surface area contributed by atoms with E-state index in [1.165, 1.54) is 4.88 Å². The van der Waals surface area contributed by atoms with Gasteiger partial charge in [0.05, 0.1) is 5.69 Å². The lowest BCUT2D eigenvalue weighted by Gasteiger charge is -2.07. The van der Waals surface area contributed by atoms with E-state index >= 15 is 0 Å². The zero-order valence-electron chi connectivity index (χ0n) is 8.22. The quantitative estimate of drug-likeness (QED) is 0.786. The Hall–Kier alpha value is -0.120. The molecule has 1 unspecified atom stereocenters. The topological polar surface area (TPSA) is 24.9 Å². The fraction of sp³-hybridized carbons (Fsp3) is 0.667. The summed E-state index contributed by atoms with van der Waals surface area (Å²) in [6, 6.07) is 0.353. The average Bonchev–Trinajstić information content (AvgIpc) is 2.42. The summed E-state index contributed by atoms with van der Waals surface area (Å²) in [5.74, 6) is 0.642. The smallest absolute Gasteiger partial charge is 0.107 e. The number of nitrogens with zero attached hydrogens (tertiary/aromatic N) is 1. The van der Waals surface area contributed by atoms with Gasteiger partial charge in [-0.2, -0.15) is 0 Å². The first-order valence-corrected chi connectivity index (χ1v) is 5.71. The molecular weight excluding hydrogens is 204 g/mol. The van der Waals surface area contributed by atoms with Gasteiger partial charge in [-0.05, 0) is 20.8 Å². The molecule has 4 heteroatoms. The van der Waals surface area contributed by atoms with Gasteiger partial charge >= 0.3 is 0 Å². The Morgan fingerprint density at radius 2 is 2.23 bits per heavy atom. The van der Waals surface area contributed by atoms with Crippen LogP contribution in [-0.4, -0.2) is 16.9 Å². The van der Waals surface area contributed by atoms with Gasteiger partial charge in [-0.25, -0.2) is 4.98 Å². The molecule has 2 nitrogen and oxygen atoms in total. The number of nitrogens with one attached hydrogen (secondary N) is 1. The third kappa shape index (κ3) is 3.25. The number of aryl methyl sites for hydroxylation is 2. The predicted octanol–water partition coefficient (Wildman–Crippen LogP) is 2.48. The molecule has 0 bridgehead atoms. The number of thiazole rings is 1. The fourth-order valence-electron chi connectivity index (χ4n) is 0.931. The van der Waals surface area contributed by atoms with Gasteiger partial charge in [0.1, 0.15) is 5.01 Å². The van der Waals surface area contributed by atoms with E-state index in [4.69, 9.17) is 11.6 Å². The van der Waals surface area contributed by atoms with Crippen LogP contribution in [0.15, 0.2) is 0 Å². The van der Waals surface area contributed by atoms with Gasteiger partial charge in [0.2, 0.25) is 0 Å². The fourth-order valence-corrected chi connectivity index (χ4v) is 1.92. The minimum Gasteiger partial charge on any atom is -0.307 e. The van der Waals surface area contributed by atoms with Crippen LogP contribution in [-0.2, 0) is 6.54 Å². The van der Waals surface area contributed by atoms with Crippen molar-refractivity contribution >= 4 is 22.9 Å². The second kappa shape index (κ2) is 4.94. The molecule has 1 aromatic rings. The number of halogens is 1. The first-order chi connectivity index (χ1) is 6.13. The van der Waals surface area contributed by atoms with Crippen LogP contribution >= 0.6 is 22.9 Å². The highest BCUT2D eigenvalue weighted by atomic mass is 35.5.